The molecule has 5 rings (SSSR count). The third-order valence-corrected chi connectivity index (χ3v) is 9.42. The number of rotatable bonds is 6. The lowest BCUT2D eigenvalue weighted by Crippen LogP contribution is -2.51. The number of piperazine rings is 1. The standard InChI is InChI=1S/C21H29N7O4S2/c22-33(29,30)14-16-2-1-7-28(13-16)34(31,32)15-26-8-10-27(11-9-26)19-4-6-23-18-12-25-21-17(20(18)19)3-5-24-21/h3-6,12,16,23H,1-2,7-11,13-15H2,(H2,22,29,30). The van der Waals surface area contributed by atoms with Crippen molar-refractivity contribution in [3.05, 3.63) is 30.7 Å². The van der Waals surface area contributed by atoms with Gasteiger partial charge in [-0.3, -0.25) is 4.90 Å². The molecule has 3 aromatic rings. The molecule has 2 aliphatic rings. The van der Waals surface area contributed by atoms with E-state index >= 15 is 0 Å². The Hall–Kier alpha value is -2.32. The van der Waals surface area contributed by atoms with Crippen LogP contribution in [0.15, 0.2) is 30.7 Å². The Balaban J connectivity index is 1.26. The van der Waals surface area contributed by atoms with Gasteiger partial charge in [0.05, 0.1) is 17.5 Å². The normalized spacial score (nSPS) is 21.4. The van der Waals surface area contributed by atoms with E-state index in [-0.39, 0.29) is 24.1 Å². The fourth-order valence-electron chi connectivity index (χ4n) is 5.08. The topological polar surface area (TPSA) is 146 Å². The molecular formula is C21H29N7O4S2. The molecular weight excluding hydrogens is 478 g/mol. The van der Waals surface area contributed by atoms with E-state index in [1.54, 1.807) is 12.4 Å². The highest BCUT2D eigenvalue weighted by atomic mass is 32.2. The smallest absolute Gasteiger partial charge is 0.227 e. The van der Waals surface area contributed by atoms with Gasteiger partial charge in [-0.1, -0.05) is 0 Å². The molecule has 184 valence electrons. The van der Waals surface area contributed by atoms with Crippen molar-refractivity contribution >= 4 is 47.7 Å². The lowest BCUT2D eigenvalue weighted by Gasteiger charge is -2.38. The summed E-state index contributed by atoms with van der Waals surface area (Å²) in [6.45, 7) is 3.25. The maximum absolute atomic E-state index is 13.1. The Morgan fingerprint density at radius 2 is 1.85 bits per heavy atom. The van der Waals surface area contributed by atoms with Crippen LogP contribution in [0.5, 0.6) is 0 Å². The third-order valence-electron chi connectivity index (χ3n) is 6.67. The minimum absolute atomic E-state index is 0.0623. The molecule has 2 saturated heterocycles. The number of aromatic amines is 1. The van der Waals surface area contributed by atoms with Gasteiger partial charge in [0, 0.05) is 68.1 Å². The van der Waals surface area contributed by atoms with Gasteiger partial charge in [0.2, 0.25) is 20.0 Å². The van der Waals surface area contributed by atoms with E-state index in [0.29, 0.717) is 51.2 Å². The predicted octanol–water partition coefficient (Wildman–Crippen LogP) is 0.521. The van der Waals surface area contributed by atoms with Crippen LogP contribution in [0, 0.1) is 5.92 Å². The lowest BCUT2D eigenvalue weighted by atomic mass is 10.0. The second-order valence-corrected chi connectivity index (χ2v) is 12.7. The molecule has 0 aromatic carbocycles. The summed E-state index contributed by atoms with van der Waals surface area (Å²) in [6, 6.07) is 4.01. The van der Waals surface area contributed by atoms with Crippen molar-refractivity contribution in [1.29, 1.82) is 0 Å². The molecule has 2 fully saturated rings. The van der Waals surface area contributed by atoms with Gasteiger partial charge in [0.15, 0.2) is 5.65 Å². The SMILES string of the molecule is NS(=O)(=O)CC1CCCN(S(=O)(=O)CN2CCN(c3cc[nH]c4cnc5nccc5c34)CC2)C1. The average Bonchev–Trinajstić information content (AvgIpc) is 3.27. The molecule has 3 N–H and O–H groups in total. The van der Waals surface area contributed by atoms with Gasteiger partial charge in [0.25, 0.3) is 0 Å². The number of pyridine rings is 2. The van der Waals surface area contributed by atoms with Gasteiger partial charge >= 0.3 is 0 Å². The van der Waals surface area contributed by atoms with E-state index < -0.39 is 20.0 Å². The molecule has 1 unspecified atom stereocenters. The summed E-state index contributed by atoms with van der Waals surface area (Å²) in [5.41, 5.74) is 2.72. The number of H-pyrrole nitrogens is 1. The highest BCUT2D eigenvalue weighted by Gasteiger charge is 2.32. The largest absolute Gasteiger partial charge is 0.368 e. The number of hydrogen-bond donors (Lipinski definition) is 2. The number of nitrogens with one attached hydrogen (secondary N) is 1. The van der Waals surface area contributed by atoms with Crippen molar-refractivity contribution in [1.82, 2.24) is 24.2 Å². The van der Waals surface area contributed by atoms with E-state index in [4.69, 9.17) is 5.14 Å². The first-order valence-corrected chi connectivity index (χ1v) is 14.7. The number of sulfonamides is 2. The van der Waals surface area contributed by atoms with E-state index in [1.165, 1.54) is 4.31 Å². The molecule has 13 heteroatoms. The molecule has 0 bridgehead atoms. The zero-order valence-corrected chi connectivity index (χ0v) is 20.4. The van der Waals surface area contributed by atoms with Crippen LogP contribution in [0.1, 0.15) is 12.8 Å². The number of fused-ring (bicyclic) bond motifs is 3. The van der Waals surface area contributed by atoms with Crippen molar-refractivity contribution < 1.29 is 16.8 Å². The number of anilines is 1. The van der Waals surface area contributed by atoms with Crippen LogP contribution >= 0.6 is 0 Å². The summed E-state index contributed by atoms with van der Waals surface area (Å²) in [7, 11) is -7.15. The maximum atomic E-state index is 13.1. The molecule has 0 radical (unpaired) electrons. The highest BCUT2D eigenvalue weighted by Crippen LogP contribution is 2.31. The van der Waals surface area contributed by atoms with E-state index in [0.717, 1.165) is 22.0 Å². The molecule has 34 heavy (non-hydrogen) atoms. The minimum atomic E-state index is -3.63. The molecule has 0 aliphatic carbocycles. The van der Waals surface area contributed by atoms with Gasteiger partial charge in [-0.15, -0.1) is 0 Å². The maximum Gasteiger partial charge on any atom is 0.227 e. The third kappa shape index (κ3) is 4.89. The van der Waals surface area contributed by atoms with Crippen LogP contribution in [0.3, 0.4) is 0 Å². The zero-order valence-electron chi connectivity index (χ0n) is 18.8. The first-order valence-electron chi connectivity index (χ1n) is 11.4. The molecule has 3 aromatic heterocycles. The van der Waals surface area contributed by atoms with Gasteiger partial charge < -0.3 is 9.88 Å². The van der Waals surface area contributed by atoms with Crippen molar-refractivity contribution in [2.45, 2.75) is 12.8 Å². The van der Waals surface area contributed by atoms with Crippen LogP contribution < -0.4 is 10.0 Å². The molecule has 0 spiro atoms. The zero-order chi connectivity index (χ0) is 23.9. The molecule has 1 atom stereocenters. The second kappa shape index (κ2) is 9.04. The first-order chi connectivity index (χ1) is 16.2. The van der Waals surface area contributed by atoms with Crippen LogP contribution in [0.2, 0.25) is 0 Å². The number of nitrogens with zero attached hydrogens (tertiary/aromatic N) is 5. The van der Waals surface area contributed by atoms with Gasteiger partial charge in [0.1, 0.15) is 5.88 Å². The van der Waals surface area contributed by atoms with Crippen LogP contribution in [-0.4, -0.2) is 91.9 Å². The van der Waals surface area contributed by atoms with E-state index in [2.05, 4.69) is 19.9 Å². The number of aromatic nitrogens is 3. The monoisotopic (exact) mass is 507 g/mol. The van der Waals surface area contributed by atoms with Gasteiger partial charge in [-0.2, -0.15) is 0 Å². The molecule has 11 nitrogen and oxygen atoms in total. The van der Waals surface area contributed by atoms with Crippen LogP contribution in [0.25, 0.3) is 21.9 Å². The van der Waals surface area contributed by atoms with Crippen molar-refractivity contribution in [2.24, 2.45) is 11.1 Å². The van der Waals surface area contributed by atoms with E-state index in [9.17, 15) is 16.8 Å². The predicted molar refractivity (Wildman–Crippen MR) is 131 cm³/mol. The molecule has 5 heterocycles. The quantitative estimate of drug-likeness (QED) is 0.491. The molecule has 0 saturated carbocycles. The van der Waals surface area contributed by atoms with Crippen molar-refractivity contribution in [3.8, 4) is 0 Å². The fraction of sp³-hybridized carbons (Fsp3) is 0.524. The van der Waals surface area contributed by atoms with Crippen molar-refractivity contribution in [2.75, 3.05) is 55.8 Å². The Kier molecular flexibility index (Phi) is 6.23. The summed E-state index contributed by atoms with van der Waals surface area (Å²) in [5.74, 6) is -0.495. The fourth-order valence-corrected chi connectivity index (χ4v) is 7.73. The summed E-state index contributed by atoms with van der Waals surface area (Å²) >= 11 is 0. The highest BCUT2D eigenvalue weighted by molar-refractivity contribution is 7.89. The Labute approximate surface area is 199 Å². The Bertz CT molecular complexity index is 1400. The molecule has 0 amide bonds. The number of piperidine rings is 1. The van der Waals surface area contributed by atoms with Gasteiger partial charge in [-0.25, -0.2) is 36.2 Å². The lowest BCUT2D eigenvalue weighted by molar-refractivity contribution is 0.258. The summed E-state index contributed by atoms with van der Waals surface area (Å²) in [6.07, 6.45) is 6.76. The molecule has 2 aliphatic heterocycles. The minimum Gasteiger partial charge on any atom is -0.368 e. The van der Waals surface area contributed by atoms with E-state index in [1.807, 2.05) is 23.2 Å². The summed E-state index contributed by atoms with van der Waals surface area (Å²) in [5, 5.41) is 7.24. The van der Waals surface area contributed by atoms with Crippen LogP contribution in [-0.2, 0) is 20.0 Å². The average molecular weight is 508 g/mol. The first kappa shape index (κ1) is 23.4. The van der Waals surface area contributed by atoms with Gasteiger partial charge in [-0.05, 0) is 30.9 Å². The van der Waals surface area contributed by atoms with Crippen molar-refractivity contribution in [3.63, 3.8) is 0 Å². The number of primary sulfonamides is 1. The summed E-state index contributed by atoms with van der Waals surface area (Å²) in [4.78, 5) is 16.2. The number of hydrogen-bond acceptors (Lipinski definition) is 8. The summed E-state index contributed by atoms with van der Waals surface area (Å²) < 4.78 is 50.5. The van der Waals surface area contributed by atoms with Crippen LogP contribution in [0.4, 0.5) is 5.69 Å². The Morgan fingerprint density at radius 1 is 1.06 bits per heavy atom. The Morgan fingerprint density at radius 3 is 2.62 bits per heavy atom. The number of nitrogens with two attached hydrogens (primary N) is 1. The second-order valence-electron chi connectivity index (χ2n) is 9.13.